The molecule has 0 unspecified atom stereocenters. The van der Waals surface area contributed by atoms with Crippen molar-refractivity contribution in [3.63, 3.8) is 0 Å². The van der Waals surface area contributed by atoms with Gasteiger partial charge in [0, 0.05) is 61.2 Å². The van der Waals surface area contributed by atoms with Gasteiger partial charge in [0.25, 0.3) is 0 Å². The van der Waals surface area contributed by atoms with Crippen LogP contribution in [-0.4, -0.2) is 86.5 Å². The minimum atomic E-state index is -0.815. The Morgan fingerprint density at radius 3 is 2.54 bits per heavy atom. The molecule has 2 fully saturated rings. The van der Waals surface area contributed by atoms with Crippen molar-refractivity contribution < 1.29 is 19.1 Å². The molecule has 35 heavy (non-hydrogen) atoms. The first-order valence-corrected chi connectivity index (χ1v) is 12.5. The summed E-state index contributed by atoms with van der Waals surface area (Å²) >= 11 is 3.36. The van der Waals surface area contributed by atoms with Gasteiger partial charge in [-0.2, -0.15) is 0 Å². The van der Waals surface area contributed by atoms with Gasteiger partial charge in [0.05, 0.1) is 20.1 Å². The number of piperazine rings is 2. The number of ether oxygens (including phenoxy) is 1. The van der Waals surface area contributed by atoms with Crippen LogP contribution in [-0.2, 0) is 14.4 Å². The van der Waals surface area contributed by atoms with Crippen molar-refractivity contribution in [3.05, 3.63) is 53.0 Å². The van der Waals surface area contributed by atoms with Gasteiger partial charge in [-0.3, -0.25) is 19.3 Å². The first-order chi connectivity index (χ1) is 16.9. The number of benzene rings is 2. The fourth-order valence-electron chi connectivity index (χ4n) is 4.39. The molecule has 2 aliphatic heterocycles. The number of hydrogen-bond acceptors (Lipinski definition) is 6. The summed E-state index contributed by atoms with van der Waals surface area (Å²) in [7, 11) is 1.65. The summed E-state index contributed by atoms with van der Waals surface area (Å²) in [6.07, 6.45) is -0.0861. The maximum absolute atomic E-state index is 13.2. The van der Waals surface area contributed by atoms with E-state index in [1.165, 1.54) is 0 Å². The summed E-state index contributed by atoms with van der Waals surface area (Å²) in [4.78, 5) is 44.3. The van der Waals surface area contributed by atoms with Gasteiger partial charge in [-0.1, -0.05) is 22.0 Å². The molecule has 186 valence electrons. The quantitative estimate of drug-likeness (QED) is 0.554. The van der Waals surface area contributed by atoms with Crippen LogP contribution in [0.15, 0.2) is 53.0 Å². The number of nitrogens with zero attached hydrogens (tertiary/aromatic N) is 3. The van der Waals surface area contributed by atoms with E-state index in [9.17, 15) is 14.4 Å². The predicted molar refractivity (Wildman–Crippen MR) is 138 cm³/mol. The van der Waals surface area contributed by atoms with Gasteiger partial charge in [0.2, 0.25) is 17.7 Å². The fourth-order valence-corrected chi connectivity index (χ4v) is 4.65. The number of nitrogens with one attached hydrogen (secondary N) is 2. The van der Waals surface area contributed by atoms with Gasteiger partial charge in [-0.25, -0.2) is 0 Å². The highest BCUT2D eigenvalue weighted by Crippen LogP contribution is 2.22. The summed E-state index contributed by atoms with van der Waals surface area (Å²) < 4.78 is 6.23. The van der Waals surface area contributed by atoms with E-state index < -0.39 is 6.04 Å². The normalized spacial score (nSPS) is 18.7. The Morgan fingerprint density at radius 2 is 1.83 bits per heavy atom. The molecule has 0 bridgehead atoms. The van der Waals surface area contributed by atoms with Crippen LogP contribution < -0.4 is 20.3 Å². The van der Waals surface area contributed by atoms with Crippen molar-refractivity contribution >= 4 is 45.0 Å². The molecule has 0 radical (unpaired) electrons. The zero-order chi connectivity index (χ0) is 24.8. The number of carbonyl (C=O) groups excluding carboxylic acids is 3. The second-order valence-corrected chi connectivity index (χ2v) is 9.53. The van der Waals surface area contributed by atoms with Gasteiger partial charge in [0.15, 0.2) is 0 Å². The summed E-state index contributed by atoms with van der Waals surface area (Å²) in [5.41, 5.74) is 1.74. The van der Waals surface area contributed by atoms with E-state index in [0.29, 0.717) is 18.8 Å². The van der Waals surface area contributed by atoms with E-state index in [0.717, 1.165) is 42.1 Å². The summed E-state index contributed by atoms with van der Waals surface area (Å²) in [6, 6.07) is 14.3. The molecule has 0 aromatic heterocycles. The molecule has 10 heteroatoms. The molecule has 0 spiro atoms. The number of hydrogen-bond donors (Lipinski definition) is 2. The predicted octanol–water partition coefficient (Wildman–Crippen LogP) is 1.94. The molecular formula is C25H30BrN5O4. The van der Waals surface area contributed by atoms with Crippen LogP contribution in [0.1, 0.15) is 6.42 Å². The number of methoxy groups -OCH3 is 1. The van der Waals surface area contributed by atoms with Crippen molar-refractivity contribution in [1.29, 1.82) is 0 Å². The highest BCUT2D eigenvalue weighted by atomic mass is 79.9. The summed E-state index contributed by atoms with van der Waals surface area (Å²) in [5.74, 6) is 0.0901. The van der Waals surface area contributed by atoms with Crippen LogP contribution in [0.2, 0.25) is 0 Å². The number of halogens is 1. The minimum absolute atomic E-state index is 0.0861. The van der Waals surface area contributed by atoms with Crippen molar-refractivity contribution in [2.45, 2.75) is 12.5 Å². The monoisotopic (exact) mass is 543 g/mol. The van der Waals surface area contributed by atoms with Crippen molar-refractivity contribution in [2.24, 2.45) is 0 Å². The van der Waals surface area contributed by atoms with E-state index in [1.54, 1.807) is 24.1 Å². The van der Waals surface area contributed by atoms with Crippen LogP contribution in [0, 0.1) is 0 Å². The van der Waals surface area contributed by atoms with Crippen LogP contribution in [0.4, 0.5) is 11.4 Å². The molecule has 1 atom stereocenters. The highest BCUT2D eigenvalue weighted by molar-refractivity contribution is 9.10. The zero-order valence-corrected chi connectivity index (χ0v) is 21.3. The van der Waals surface area contributed by atoms with E-state index in [4.69, 9.17) is 4.74 Å². The Bertz CT molecular complexity index is 1060. The van der Waals surface area contributed by atoms with Gasteiger partial charge in [-0.15, -0.1) is 0 Å². The molecule has 2 aromatic carbocycles. The molecule has 2 aromatic rings. The van der Waals surface area contributed by atoms with E-state index >= 15 is 0 Å². The van der Waals surface area contributed by atoms with Gasteiger partial charge < -0.3 is 25.2 Å². The van der Waals surface area contributed by atoms with Crippen LogP contribution in [0.25, 0.3) is 0 Å². The van der Waals surface area contributed by atoms with Crippen molar-refractivity contribution in [1.82, 2.24) is 15.1 Å². The van der Waals surface area contributed by atoms with Gasteiger partial charge in [0.1, 0.15) is 11.8 Å². The SMILES string of the molecule is COc1cccc(N2CCN(CC(=O)N3CCNC(=O)[C@H]3CC(=O)Nc3ccc(Br)cc3)CC2)c1. The smallest absolute Gasteiger partial charge is 0.243 e. The van der Waals surface area contributed by atoms with E-state index in [1.807, 2.05) is 30.3 Å². The highest BCUT2D eigenvalue weighted by Gasteiger charge is 2.35. The van der Waals surface area contributed by atoms with Gasteiger partial charge >= 0.3 is 0 Å². The van der Waals surface area contributed by atoms with Crippen LogP contribution in [0.3, 0.4) is 0 Å². The van der Waals surface area contributed by atoms with Crippen LogP contribution in [0.5, 0.6) is 5.75 Å². The lowest BCUT2D eigenvalue weighted by Crippen LogP contribution is -2.60. The molecule has 4 rings (SSSR count). The Morgan fingerprint density at radius 1 is 1.09 bits per heavy atom. The number of amides is 3. The second kappa shape index (κ2) is 11.5. The molecular weight excluding hydrogens is 514 g/mol. The topological polar surface area (TPSA) is 94.2 Å². The molecule has 0 saturated carbocycles. The molecule has 3 amide bonds. The molecule has 2 N–H and O–H groups in total. The lowest BCUT2D eigenvalue weighted by atomic mass is 10.1. The Kier molecular flexibility index (Phi) is 8.25. The third kappa shape index (κ3) is 6.52. The Labute approximate surface area is 213 Å². The van der Waals surface area contributed by atoms with Gasteiger partial charge in [-0.05, 0) is 36.4 Å². The maximum Gasteiger partial charge on any atom is 0.243 e. The molecule has 2 saturated heterocycles. The third-order valence-electron chi connectivity index (χ3n) is 6.31. The average Bonchev–Trinajstić information content (AvgIpc) is 2.87. The first-order valence-electron chi connectivity index (χ1n) is 11.7. The maximum atomic E-state index is 13.2. The van der Waals surface area contributed by atoms with Crippen molar-refractivity contribution in [2.75, 3.05) is 63.1 Å². The summed E-state index contributed by atoms with van der Waals surface area (Å²) in [5, 5.41) is 5.58. The van der Waals surface area contributed by atoms with E-state index in [2.05, 4.69) is 42.4 Å². The molecule has 2 heterocycles. The average molecular weight is 544 g/mol. The second-order valence-electron chi connectivity index (χ2n) is 8.62. The standard InChI is InChI=1S/C25H30BrN5O4/c1-35-21-4-2-3-20(15-21)30-13-11-29(12-14-30)17-24(33)31-10-9-27-25(34)22(31)16-23(32)28-19-7-5-18(26)6-8-19/h2-8,15,22H,9-14,16-17H2,1H3,(H,27,34)(H,28,32)/t22-/m1/s1. The number of rotatable bonds is 7. The molecule has 2 aliphatic rings. The lowest BCUT2D eigenvalue weighted by Gasteiger charge is -2.39. The Balaban J connectivity index is 1.32. The largest absolute Gasteiger partial charge is 0.497 e. The van der Waals surface area contributed by atoms with Crippen molar-refractivity contribution in [3.8, 4) is 5.75 Å². The zero-order valence-electron chi connectivity index (χ0n) is 19.7. The lowest BCUT2D eigenvalue weighted by molar-refractivity contribution is -0.145. The fraction of sp³-hybridized carbons (Fsp3) is 0.400. The van der Waals surface area contributed by atoms with Crippen LogP contribution >= 0.6 is 15.9 Å². The number of carbonyl (C=O) groups is 3. The minimum Gasteiger partial charge on any atom is -0.497 e. The Hall–Kier alpha value is -3.11. The molecule has 0 aliphatic carbocycles. The third-order valence-corrected chi connectivity index (χ3v) is 6.84. The number of anilines is 2. The molecule has 9 nitrogen and oxygen atoms in total. The summed E-state index contributed by atoms with van der Waals surface area (Å²) in [6.45, 7) is 4.06. The van der Waals surface area contributed by atoms with E-state index in [-0.39, 0.29) is 30.7 Å². The first kappa shape index (κ1) is 25.0.